The first kappa shape index (κ1) is 13.9. The molecule has 2 heterocycles. The molecule has 1 aliphatic rings. The quantitative estimate of drug-likeness (QED) is 0.837. The molecule has 20 heavy (non-hydrogen) atoms. The van der Waals surface area contributed by atoms with Gasteiger partial charge in [0.05, 0.1) is 30.8 Å². The summed E-state index contributed by atoms with van der Waals surface area (Å²) >= 11 is 0. The van der Waals surface area contributed by atoms with Gasteiger partial charge in [-0.25, -0.2) is 4.98 Å². The molecule has 6 heteroatoms. The second-order valence-electron chi connectivity index (χ2n) is 4.29. The third-order valence-corrected chi connectivity index (χ3v) is 3.06. The molecule has 0 fully saturated rings. The summed E-state index contributed by atoms with van der Waals surface area (Å²) in [6.45, 7) is 2.19. The van der Waals surface area contributed by atoms with Crippen LogP contribution in [0, 0.1) is 0 Å². The molecule has 2 aromatic rings. The number of amides is 1. The van der Waals surface area contributed by atoms with Crippen molar-refractivity contribution in [3.8, 4) is 5.75 Å². The van der Waals surface area contributed by atoms with Crippen LogP contribution in [0.15, 0.2) is 30.7 Å². The van der Waals surface area contributed by atoms with Crippen molar-refractivity contribution in [2.24, 2.45) is 0 Å². The Labute approximate surface area is 117 Å². The largest absolute Gasteiger partial charge is 0.490 e. The van der Waals surface area contributed by atoms with Gasteiger partial charge in [0.25, 0.3) is 0 Å². The Morgan fingerprint density at radius 2 is 2.40 bits per heavy atom. The van der Waals surface area contributed by atoms with Gasteiger partial charge in [-0.05, 0) is 18.2 Å². The maximum Gasteiger partial charge on any atom is 0.211 e. The number of fused-ring (bicyclic) bond motifs is 1. The van der Waals surface area contributed by atoms with E-state index in [9.17, 15) is 4.79 Å². The standard InChI is InChI=1S/C13H14N4O2.CH4/c18-9-16-10-1-2-13-12(5-10)17(3-4-19-13)7-11-6-14-8-15-11;/h1-2,5-6,8-9H,3-4,7H2,(H,14,15)(H,16,18);1H4. The highest BCUT2D eigenvalue weighted by atomic mass is 16.5. The van der Waals surface area contributed by atoms with Gasteiger partial charge in [-0.2, -0.15) is 0 Å². The van der Waals surface area contributed by atoms with Crippen LogP contribution in [-0.2, 0) is 11.3 Å². The molecule has 2 N–H and O–H groups in total. The second-order valence-corrected chi connectivity index (χ2v) is 4.29. The van der Waals surface area contributed by atoms with E-state index >= 15 is 0 Å². The number of rotatable bonds is 4. The number of hydrogen-bond donors (Lipinski definition) is 2. The fourth-order valence-electron chi connectivity index (χ4n) is 2.17. The molecule has 0 saturated carbocycles. The summed E-state index contributed by atoms with van der Waals surface area (Å²) in [5.74, 6) is 0.835. The summed E-state index contributed by atoms with van der Waals surface area (Å²) in [4.78, 5) is 19.8. The van der Waals surface area contributed by atoms with Gasteiger partial charge in [0, 0.05) is 11.9 Å². The number of benzene rings is 1. The molecule has 0 unspecified atom stereocenters. The Bertz CT molecular complexity index is 569. The monoisotopic (exact) mass is 274 g/mol. The second kappa shape index (κ2) is 6.10. The average molecular weight is 274 g/mol. The molecule has 6 nitrogen and oxygen atoms in total. The lowest BCUT2D eigenvalue weighted by molar-refractivity contribution is -0.105. The normalized spacial score (nSPS) is 12.9. The Morgan fingerprint density at radius 3 is 3.15 bits per heavy atom. The number of carbonyl (C=O) groups is 1. The molecule has 0 radical (unpaired) electrons. The molecule has 106 valence electrons. The van der Waals surface area contributed by atoms with E-state index in [0.717, 1.165) is 35.9 Å². The molecule has 0 saturated heterocycles. The van der Waals surface area contributed by atoms with Gasteiger partial charge in [-0.15, -0.1) is 0 Å². The van der Waals surface area contributed by atoms with Gasteiger partial charge in [0.15, 0.2) is 0 Å². The van der Waals surface area contributed by atoms with Crippen molar-refractivity contribution in [3.63, 3.8) is 0 Å². The van der Waals surface area contributed by atoms with Crippen molar-refractivity contribution >= 4 is 17.8 Å². The minimum atomic E-state index is 0. The molecular weight excluding hydrogens is 256 g/mol. The number of hydrogen-bond acceptors (Lipinski definition) is 4. The summed E-state index contributed by atoms with van der Waals surface area (Å²) in [5.41, 5.74) is 2.78. The maximum absolute atomic E-state index is 10.5. The third-order valence-electron chi connectivity index (χ3n) is 3.06. The van der Waals surface area contributed by atoms with Gasteiger partial charge in [-0.3, -0.25) is 4.79 Å². The fraction of sp³-hybridized carbons (Fsp3) is 0.286. The van der Waals surface area contributed by atoms with Crippen LogP contribution < -0.4 is 15.0 Å². The maximum atomic E-state index is 10.5. The zero-order valence-corrected chi connectivity index (χ0v) is 10.3. The molecule has 1 aromatic carbocycles. The van der Waals surface area contributed by atoms with E-state index in [1.165, 1.54) is 0 Å². The average Bonchev–Trinajstić information content (AvgIpc) is 2.93. The number of aromatic amines is 1. The lowest BCUT2D eigenvalue weighted by atomic mass is 10.2. The number of carbonyl (C=O) groups excluding carboxylic acids is 1. The van der Waals surface area contributed by atoms with Crippen molar-refractivity contribution < 1.29 is 9.53 Å². The van der Waals surface area contributed by atoms with Crippen molar-refractivity contribution in [1.29, 1.82) is 0 Å². The van der Waals surface area contributed by atoms with Crippen molar-refractivity contribution in [2.45, 2.75) is 14.0 Å². The van der Waals surface area contributed by atoms with Gasteiger partial charge >= 0.3 is 0 Å². The highest BCUT2D eigenvalue weighted by Crippen LogP contribution is 2.34. The van der Waals surface area contributed by atoms with Crippen molar-refractivity contribution in [2.75, 3.05) is 23.4 Å². The van der Waals surface area contributed by atoms with Crippen LogP contribution >= 0.6 is 0 Å². The SMILES string of the molecule is C.O=CNc1ccc2c(c1)N(Cc1cnc[nH]1)CCO2. The molecule has 1 amide bonds. The molecule has 0 atom stereocenters. The van der Waals surface area contributed by atoms with Crippen LogP contribution in [0.25, 0.3) is 0 Å². The number of nitrogens with zero attached hydrogens (tertiary/aromatic N) is 2. The number of H-pyrrole nitrogens is 1. The smallest absolute Gasteiger partial charge is 0.211 e. The van der Waals surface area contributed by atoms with Crippen molar-refractivity contribution in [3.05, 3.63) is 36.4 Å². The molecule has 0 aliphatic carbocycles. The van der Waals surface area contributed by atoms with Crippen LogP contribution in [-0.4, -0.2) is 29.5 Å². The van der Waals surface area contributed by atoms with Crippen molar-refractivity contribution in [1.82, 2.24) is 9.97 Å². The Morgan fingerprint density at radius 1 is 1.50 bits per heavy atom. The Hall–Kier alpha value is -2.50. The number of anilines is 2. The predicted molar refractivity (Wildman–Crippen MR) is 78.0 cm³/mol. The topological polar surface area (TPSA) is 70.2 Å². The van der Waals surface area contributed by atoms with Gasteiger partial charge < -0.3 is 19.9 Å². The van der Waals surface area contributed by atoms with E-state index in [4.69, 9.17) is 4.74 Å². The summed E-state index contributed by atoms with van der Waals surface area (Å²) in [6.07, 6.45) is 4.15. The Kier molecular flexibility index (Phi) is 4.24. The van der Waals surface area contributed by atoms with Crippen LogP contribution in [0.2, 0.25) is 0 Å². The number of ether oxygens (including phenoxy) is 1. The minimum absolute atomic E-state index is 0. The first-order valence-corrected chi connectivity index (χ1v) is 6.06. The highest BCUT2D eigenvalue weighted by molar-refractivity contribution is 5.76. The minimum Gasteiger partial charge on any atom is -0.490 e. The molecule has 0 spiro atoms. The van der Waals surface area contributed by atoms with Crippen LogP contribution in [0.3, 0.4) is 0 Å². The molecule has 1 aromatic heterocycles. The molecule has 3 rings (SSSR count). The molecule has 1 aliphatic heterocycles. The zero-order chi connectivity index (χ0) is 13.1. The first-order chi connectivity index (χ1) is 9.36. The summed E-state index contributed by atoms with van der Waals surface area (Å²) in [6, 6.07) is 5.62. The van der Waals surface area contributed by atoms with E-state index in [1.807, 2.05) is 24.4 Å². The fourth-order valence-corrected chi connectivity index (χ4v) is 2.17. The third kappa shape index (κ3) is 2.74. The summed E-state index contributed by atoms with van der Waals surface area (Å²) in [7, 11) is 0. The molecule has 0 bridgehead atoms. The van der Waals surface area contributed by atoms with E-state index in [0.29, 0.717) is 13.0 Å². The Balaban J connectivity index is 0.00000147. The first-order valence-electron chi connectivity index (χ1n) is 6.06. The van der Waals surface area contributed by atoms with Gasteiger partial charge in [0.1, 0.15) is 12.4 Å². The lowest BCUT2D eigenvalue weighted by Gasteiger charge is -2.31. The van der Waals surface area contributed by atoms with E-state index < -0.39 is 0 Å². The van der Waals surface area contributed by atoms with Gasteiger partial charge in [0.2, 0.25) is 6.41 Å². The van der Waals surface area contributed by atoms with Crippen LogP contribution in [0.4, 0.5) is 11.4 Å². The number of nitrogens with one attached hydrogen (secondary N) is 2. The predicted octanol–water partition coefficient (Wildman–Crippen LogP) is 2.01. The van der Waals surface area contributed by atoms with Crippen LogP contribution in [0.5, 0.6) is 5.75 Å². The number of imidazole rings is 1. The summed E-state index contributed by atoms with van der Waals surface area (Å²) in [5, 5.41) is 2.65. The highest BCUT2D eigenvalue weighted by Gasteiger charge is 2.19. The number of aromatic nitrogens is 2. The van der Waals surface area contributed by atoms with E-state index in [1.54, 1.807) is 6.33 Å². The van der Waals surface area contributed by atoms with Gasteiger partial charge in [-0.1, -0.05) is 7.43 Å². The van der Waals surface area contributed by atoms with E-state index in [2.05, 4.69) is 20.2 Å². The van der Waals surface area contributed by atoms with E-state index in [-0.39, 0.29) is 7.43 Å². The summed E-state index contributed by atoms with van der Waals surface area (Å²) < 4.78 is 5.62. The van der Waals surface area contributed by atoms with Crippen LogP contribution in [0.1, 0.15) is 13.1 Å². The zero-order valence-electron chi connectivity index (χ0n) is 10.3. The lowest BCUT2D eigenvalue weighted by Crippen LogP contribution is -2.32. The molecular formula is C14H18N4O2.